The Bertz CT molecular complexity index is 1360. The van der Waals surface area contributed by atoms with Crippen molar-refractivity contribution in [2.45, 2.75) is 12.1 Å². The zero-order valence-corrected chi connectivity index (χ0v) is 18.9. The third-order valence-electron chi connectivity index (χ3n) is 5.71. The molecule has 2 aromatic heterocycles. The van der Waals surface area contributed by atoms with Crippen molar-refractivity contribution in [3.63, 3.8) is 0 Å². The van der Waals surface area contributed by atoms with Gasteiger partial charge in [-0.25, -0.2) is 0 Å². The maximum atomic E-state index is 11.5. The van der Waals surface area contributed by atoms with E-state index < -0.39 is 4.92 Å². The van der Waals surface area contributed by atoms with Crippen molar-refractivity contribution >= 4 is 28.7 Å². The lowest BCUT2D eigenvalue weighted by Gasteiger charge is -2.26. The molecule has 2 aromatic carbocycles. The summed E-state index contributed by atoms with van der Waals surface area (Å²) in [6.45, 7) is 0. The molecule has 0 saturated carbocycles. The van der Waals surface area contributed by atoms with E-state index in [-0.39, 0.29) is 17.8 Å². The van der Waals surface area contributed by atoms with Crippen LogP contribution in [0.4, 0.5) is 11.4 Å². The molecular weight excluding hydrogens is 452 g/mol. The molecule has 4 aromatic rings. The van der Waals surface area contributed by atoms with Gasteiger partial charge in [0.2, 0.25) is 0 Å². The van der Waals surface area contributed by atoms with Gasteiger partial charge in [0.05, 0.1) is 29.3 Å². The van der Waals surface area contributed by atoms with Gasteiger partial charge in [0, 0.05) is 24.0 Å². The first kappa shape index (κ1) is 21.6. The number of hydrogen-bond acceptors (Lipinski definition) is 6. The highest BCUT2D eigenvalue weighted by molar-refractivity contribution is 7.80. The second kappa shape index (κ2) is 8.95. The number of nitro benzene ring substituents is 1. The molecule has 0 bridgehead atoms. The van der Waals surface area contributed by atoms with Gasteiger partial charge >= 0.3 is 0 Å². The molecule has 0 unspecified atom stereocenters. The fraction of sp³-hybridized carbons (Fsp3) is 0.120. The SMILES string of the molecule is COc1cccc(N2C(=S)N[C@@H](c3ccccn3)[C@@H]2c2ccc(-c3ccccc3[N+](=O)[O-])o2)c1. The van der Waals surface area contributed by atoms with Gasteiger partial charge in [0.1, 0.15) is 23.3 Å². The average Bonchev–Trinajstić information content (AvgIpc) is 3.49. The summed E-state index contributed by atoms with van der Waals surface area (Å²) >= 11 is 5.73. The van der Waals surface area contributed by atoms with Gasteiger partial charge in [0.25, 0.3) is 5.69 Å². The highest BCUT2D eigenvalue weighted by Gasteiger charge is 2.42. The van der Waals surface area contributed by atoms with Crippen molar-refractivity contribution in [3.05, 3.63) is 107 Å². The van der Waals surface area contributed by atoms with E-state index in [0.717, 1.165) is 11.4 Å². The van der Waals surface area contributed by atoms with Crippen molar-refractivity contribution in [3.8, 4) is 17.1 Å². The van der Waals surface area contributed by atoms with Gasteiger partial charge in [-0.05, 0) is 54.7 Å². The topological polar surface area (TPSA) is 93.7 Å². The van der Waals surface area contributed by atoms with Crippen molar-refractivity contribution in [2.24, 2.45) is 0 Å². The summed E-state index contributed by atoms with van der Waals surface area (Å²) in [6, 6.07) is 22.7. The molecule has 2 atom stereocenters. The Labute approximate surface area is 201 Å². The Morgan fingerprint density at radius 1 is 1.09 bits per heavy atom. The fourth-order valence-electron chi connectivity index (χ4n) is 4.18. The monoisotopic (exact) mass is 472 g/mol. The Hall–Kier alpha value is -4.24. The Balaban J connectivity index is 1.62. The molecule has 3 heterocycles. The first-order valence-electron chi connectivity index (χ1n) is 10.5. The molecule has 0 spiro atoms. The number of nitrogens with zero attached hydrogens (tertiary/aromatic N) is 3. The zero-order chi connectivity index (χ0) is 23.7. The number of benzene rings is 2. The van der Waals surface area contributed by atoms with Gasteiger partial charge in [-0.15, -0.1) is 0 Å². The Morgan fingerprint density at radius 3 is 2.68 bits per heavy atom. The number of rotatable bonds is 6. The van der Waals surface area contributed by atoms with E-state index in [1.165, 1.54) is 6.07 Å². The van der Waals surface area contributed by atoms with Crippen LogP contribution in [0.25, 0.3) is 11.3 Å². The molecule has 34 heavy (non-hydrogen) atoms. The van der Waals surface area contributed by atoms with Gasteiger partial charge in [-0.3, -0.25) is 15.1 Å². The number of nitro groups is 1. The number of furan rings is 1. The van der Waals surface area contributed by atoms with Crippen LogP contribution in [-0.2, 0) is 0 Å². The zero-order valence-electron chi connectivity index (χ0n) is 18.1. The Kier molecular flexibility index (Phi) is 5.69. The van der Waals surface area contributed by atoms with E-state index in [9.17, 15) is 10.1 Å². The number of aromatic nitrogens is 1. The van der Waals surface area contributed by atoms with Gasteiger partial charge < -0.3 is 19.4 Å². The highest BCUT2D eigenvalue weighted by Crippen LogP contribution is 2.44. The number of nitrogens with one attached hydrogen (secondary N) is 1. The van der Waals surface area contributed by atoms with Crippen molar-refractivity contribution in [1.29, 1.82) is 0 Å². The Morgan fingerprint density at radius 2 is 1.91 bits per heavy atom. The van der Waals surface area contributed by atoms with E-state index in [4.69, 9.17) is 21.4 Å². The molecule has 0 aliphatic carbocycles. The van der Waals surface area contributed by atoms with Crippen LogP contribution in [0.15, 0.2) is 89.5 Å². The maximum Gasteiger partial charge on any atom is 0.280 e. The lowest BCUT2D eigenvalue weighted by Crippen LogP contribution is -2.29. The molecular formula is C25H20N4O4S. The van der Waals surface area contributed by atoms with E-state index in [1.807, 2.05) is 53.4 Å². The first-order chi connectivity index (χ1) is 16.6. The minimum absolute atomic E-state index is 0.0191. The minimum Gasteiger partial charge on any atom is -0.497 e. The van der Waals surface area contributed by atoms with Crippen LogP contribution in [0.5, 0.6) is 5.75 Å². The lowest BCUT2D eigenvalue weighted by molar-refractivity contribution is -0.384. The van der Waals surface area contributed by atoms with Crippen molar-refractivity contribution in [1.82, 2.24) is 10.3 Å². The van der Waals surface area contributed by atoms with E-state index in [0.29, 0.717) is 27.9 Å². The summed E-state index contributed by atoms with van der Waals surface area (Å²) in [6.07, 6.45) is 1.73. The molecule has 5 rings (SSSR count). The second-order valence-electron chi connectivity index (χ2n) is 7.67. The van der Waals surface area contributed by atoms with Crippen LogP contribution in [-0.4, -0.2) is 22.1 Å². The van der Waals surface area contributed by atoms with Crippen LogP contribution in [0.2, 0.25) is 0 Å². The van der Waals surface area contributed by atoms with Crippen LogP contribution in [0, 0.1) is 10.1 Å². The maximum absolute atomic E-state index is 11.5. The average molecular weight is 473 g/mol. The molecule has 0 amide bonds. The van der Waals surface area contributed by atoms with Gasteiger partial charge in [0.15, 0.2) is 5.11 Å². The van der Waals surface area contributed by atoms with Crippen molar-refractivity contribution in [2.75, 3.05) is 12.0 Å². The molecule has 9 heteroatoms. The second-order valence-corrected chi connectivity index (χ2v) is 8.06. The number of ether oxygens (including phenoxy) is 1. The smallest absolute Gasteiger partial charge is 0.280 e. The summed E-state index contributed by atoms with van der Waals surface area (Å²) in [5.74, 6) is 1.70. The summed E-state index contributed by atoms with van der Waals surface area (Å²) in [7, 11) is 1.61. The van der Waals surface area contributed by atoms with E-state index in [1.54, 1.807) is 37.6 Å². The summed E-state index contributed by atoms with van der Waals surface area (Å²) in [5.41, 5.74) is 2.01. The van der Waals surface area contributed by atoms with E-state index >= 15 is 0 Å². The molecule has 1 aliphatic rings. The summed E-state index contributed by atoms with van der Waals surface area (Å²) in [4.78, 5) is 17.6. The molecule has 0 radical (unpaired) electrons. The summed E-state index contributed by atoms with van der Waals surface area (Å²) in [5, 5.41) is 15.4. The molecule has 1 fully saturated rings. The predicted octanol–water partition coefficient (Wildman–Crippen LogP) is 5.44. The van der Waals surface area contributed by atoms with Crippen LogP contribution < -0.4 is 15.0 Å². The third-order valence-corrected chi connectivity index (χ3v) is 6.03. The number of hydrogen-bond donors (Lipinski definition) is 1. The molecule has 8 nitrogen and oxygen atoms in total. The molecule has 1 N–H and O–H groups in total. The highest BCUT2D eigenvalue weighted by atomic mass is 32.1. The number of thiocarbonyl (C=S) groups is 1. The molecule has 1 saturated heterocycles. The van der Waals surface area contributed by atoms with Gasteiger partial charge in [-0.1, -0.05) is 24.3 Å². The van der Waals surface area contributed by atoms with E-state index in [2.05, 4.69) is 10.3 Å². The largest absolute Gasteiger partial charge is 0.497 e. The van der Waals surface area contributed by atoms with Gasteiger partial charge in [-0.2, -0.15) is 0 Å². The predicted molar refractivity (Wildman–Crippen MR) is 132 cm³/mol. The number of pyridine rings is 1. The standard InChI is InChI=1S/C25H20N4O4S/c1-32-17-8-6-7-16(15-17)28-24(23(27-25(28)34)19-10-4-5-14-26-19)22-13-12-21(33-22)18-9-2-3-11-20(18)29(30)31/h2-15,23-24H,1H3,(H,27,34)/t23-,24-/m0/s1. The van der Waals surface area contributed by atoms with Crippen molar-refractivity contribution < 1.29 is 14.1 Å². The minimum atomic E-state index is -0.414. The number of para-hydroxylation sites is 1. The lowest BCUT2D eigenvalue weighted by atomic mass is 10.0. The van der Waals surface area contributed by atoms with Crippen LogP contribution >= 0.6 is 12.2 Å². The molecule has 1 aliphatic heterocycles. The van der Waals surface area contributed by atoms with Crippen LogP contribution in [0.1, 0.15) is 23.5 Å². The molecule has 170 valence electrons. The third kappa shape index (κ3) is 3.86. The number of methoxy groups -OCH3 is 1. The first-order valence-corrected chi connectivity index (χ1v) is 11.0. The fourth-order valence-corrected chi connectivity index (χ4v) is 4.53. The number of anilines is 1. The quantitative estimate of drug-likeness (QED) is 0.225. The normalized spacial score (nSPS) is 17.4. The van der Waals surface area contributed by atoms with Crippen LogP contribution in [0.3, 0.4) is 0 Å². The summed E-state index contributed by atoms with van der Waals surface area (Å²) < 4.78 is 11.7.